The van der Waals surface area contributed by atoms with Gasteiger partial charge in [-0.15, -0.1) is 11.3 Å². The quantitative estimate of drug-likeness (QED) is 0.136. The predicted octanol–water partition coefficient (Wildman–Crippen LogP) is 8.52. The molecule has 0 amide bonds. The van der Waals surface area contributed by atoms with Gasteiger partial charge in [-0.1, -0.05) is 54.6 Å². The molecule has 9 nitrogen and oxygen atoms in total. The molecule has 0 spiro atoms. The fourth-order valence-corrected chi connectivity index (χ4v) is 7.52. The molecule has 0 unspecified atom stereocenters. The summed E-state index contributed by atoms with van der Waals surface area (Å²) in [6.07, 6.45) is 7.23. The molecule has 1 aliphatic rings. The Bertz CT molecular complexity index is 2590. The van der Waals surface area contributed by atoms with E-state index in [-0.39, 0.29) is 12.3 Å². The number of rotatable bonds is 5. The molecule has 1 fully saturated rings. The first-order valence-corrected chi connectivity index (χ1v) is 17.4. The van der Waals surface area contributed by atoms with Gasteiger partial charge in [-0.2, -0.15) is 5.26 Å². The van der Waals surface area contributed by atoms with Crippen LogP contribution in [0.1, 0.15) is 34.5 Å². The number of nitrogens with zero attached hydrogens (tertiary/aromatic N) is 6. The Balaban J connectivity index is 0.000000149. The van der Waals surface area contributed by atoms with Gasteiger partial charge in [-0.3, -0.25) is 4.79 Å². The van der Waals surface area contributed by atoms with Gasteiger partial charge in [0.1, 0.15) is 22.3 Å². The summed E-state index contributed by atoms with van der Waals surface area (Å²) in [5, 5.41) is 17.5. The summed E-state index contributed by atoms with van der Waals surface area (Å²) in [5.41, 5.74) is 11.7. The number of carbonyl (C=O) groups excluding carboxylic acids is 1. The van der Waals surface area contributed by atoms with E-state index in [2.05, 4.69) is 38.4 Å². The smallest absolute Gasteiger partial charge is 0.193 e. The zero-order valence-corrected chi connectivity index (χ0v) is 28.0. The lowest BCUT2D eigenvalue weighted by atomic mass is 10.1. The zero-order valence-electron chi connectivity index (χ0n) is 27.1. The van der Waals surface area contributed by atoms with Gasteiger partial charge in [0, 0.05) is 52.7 Å². The van der Waals surface area contributed by atoms with Crippen molar-refractivity contribution < 1.29 is 4.79 Å². The van der Waals surface area contributed by atoms with E-state index in [1.54, 1.807) is 6.20 Å². The van der Waals surface area contributed by atoms with Gasteiger partial charge in [0.05, 0.1) is 44.6 Å². The van der Waals surface area contributed by atoms with Crippen molar-refractivity contribution in [1.29, 1.82) is 5.26 Å². The van der Waals surface area contributed by atoms with Gasteiger partial charge in [0.15, 0.2) is 5.78 Å². The first-order valence-electron chi connectivity index (χ1n) is 16.6. The molecule has 8 aromatic rings. The van der Waals surface area contributed by atoms with Crippen molar-refractivity contribution in [3.8, 4) is 6.07 Å². The number of hydrogen-bond acceptors (Lipinski definition) is 10. The molecule has 10 heteroatoms. The average molecular weight is 673 g/mol. The summed E-state index contributed by atoms with van der Waals surface area (Å²) in [6, 6.07) is 32.0. The number of thiophene rings is 1. The fourth-order valence-electron chi connectivity index (χ4n) is 6.52. The van der Waals surface area contributed by atoms with Gasteiger partial charge in [-0.05, 0) is 55.7 Å². The minimum absolute atomic E-state index is 0.0571. The van der Waals surface area contributed by atoms with Crippen molar-refractivity contribution in [2.45, 2.75) is 19.3 Å². The van der Waals surface area contributed by atoms with Crippen molar-refractivity contribution in [3.05, 3.63) is 114 Å². The van der Waals surface area contributed by atoms with Crippen molar-refractivity contribution >= 4 is 88.1 Å². The van der Waals surface area contributed by atoms with Gasteiger partial charge in [0.25, 0.3) is 0 Å². The lowest BCUT2D eigenvalue weighted by molar-refractivity contribution is 0.101. The molecule has 6 heterocycles. The van der Waals surface area contributed by atoms with Crippen molar-refractivity contribution in [3.63, 3.8) is 0 Å². The van der Waals surface area contributed by atoms with E-state index in [1.165, 1.54) is 17.8 Å². The monoisotopic (exact) mass is 672 g/mol. The minimum Gasteiger partial charge on any atom is -0.397 e. The Morgan fingerprint density at radius 2 is 1.42 bits per heavy atom. The van der Waals surface area contributed by atoms with Crippen LogP contribution in [0.4, 0.5) is 17.2 Å². The topological polar surface area (TPSA) is 134 Å². The number of benzene rings is 3. The molecule has 0 radical (unpaired) electrons. The van der Waals surface area contributed by atoms with Crippen LogP contribution in [0.25, 0.3) is 53.8 Å². The molecule has 9 rings (SSSR count). The number of pyridine rings is 4. The Kier molecular flexibility index (Phi) is 8.32. The second kappa shape index (κ2) is 13.4. The number of para-hydroxylation sites is 3. The maximum atomic E-state index is 12.8. The van der Waals surface area contributed by atoms with Crippen LogP contribution in [0.3, 0.4) is 0 Å². The molecule has 0 aliphatic carbocycles. The largest absolute Gasteiger partial charge is 0.397 e. The van der Waals surface area contributed by atoms with Crippen LogP contribution >= 0.6 is 11.3 Å². The van der Waals surface area contributed by atoms with Crippen molar-refractivity contribution in [2.75, 3.05) is 35.6 Å². The first kappa shape index (κ1) is 31.1. The van der Waals surface area contributed by atoms with E-state index in [4.69, 9.17) is 15.7 Å². The van der Waals surface area contributed by atoms with Crippen LogP contribution in [-0.4, -0.2) is 45.4 Å². The third-order valence-electron chi connectivity index (χ3n) is 9.03. The molecule has 244 valence electrons. The number of nitrogen functional groups attached to an aromatic ring is 1. The van der Waals surface area contributed by atoms with Gasteiger partial charge >= 0.3 is 0 Å². The Morgan fingerprint density at radius 3 is 2.12 bits per heavy atom. The molecule has 1 saturated heterocycles. The average Bonchev–Trinajstić information content (AvgIpc) is 3.52. The van der Waals surface area contributed by atoms with E-state index in [0.717, 1.165) is 91.3 Å². The van der Waals surface area contributed by atoms with Crippen LogP contribution in [0.2, 0.25) is 0 Å². The standard InChI is InChI=1S/C22H16N4OS.C18H16N4/c23-19-18-20-14(10-13-6-4-5-9-16(13)26-20)11-25-22(18)28-21(19)17(27)12-24-15-7-2-1-3-8-15;19-11-15-17-14(10-13-6-2-3-7-16(13)21-17)12-20-18(15)22-8-4-1-5-9-22/h1-11,24H,12,23H2;2-3,6-7,10,12H,1,4-5,8-9H2. The van der Waals surface area contributed by atoms with Crippen LogP contribution < -0.4 is 16.0 Å². The number of ketones is 1. The van der Waals surface area contributed by atoms with Gasteiger partial charge < -0.3 is 16.0 Å². The minimum atomic E-state index is -0.0571. The van der Waals surface area contributed by atoms with E-state index < -0.39 is 0 Å². The molecule has 3 N–H and O–H groups in total. The number of nitriles is 1. The Hall–Kier alpha value is -6.18. The molecular formula is C40H32N8OS. The number of piperidine rings is 1. The molecule has 0 saturated carbocycles. The van der Waals surface area contributed by atoms with Crippen molar-refractivity contribution in [1.82, 2.24) is 19.9 Å². The summed E-state index contributed by atoms with van der Waals surface area (Å²) in [5.74, 6) is 0.732. The van der Waals surface area contributed by atoms with Gasteiger partial charge in [0.2, 0.25) is 0 Å². The molecular weight excluding hydrogens is 641 g/mol. The lowest BCUT2D eigenvalue weighted by Crippen LogP contribution is -2.30. The highest BCUT2D eigenvalue weighted by Crippen LogP contribution is 2.37. The summed E-state index contributed by atoms with van der Waals surface area (Å²) in [6.45, 7) is 2.12. The van der Waals surface area contributed by atoms with Crippen molar-refractivity contribution in [2.24, 2.45) is 0 Å². The number of fused-ring (bicyclic) bond motifs is 6. The molecule has 1 aliphatic heterocycles. The first-order chi connectivity index (χ1) is 24.6. The molecule has 0 bridgehead atoms. The van der Waals surface area contributed by atoms with E-state index in [1.807, 2.05) is 85.1 Å². The summed E-state index contributed by atoms with van der Waals surface area (Å²) in [4.78, 5) is 34.9. The second-order valence-corrected chi connectivity index (χ2v) is 13.3. The fraction of sp³-hybridized carbons (Fsp3) is 0.150. The zero-order chi connectivity index (χ0) is 34.0. The third-order valence-corrected chi connectivity index (χ3v) is 10.2. The highest BCUT2D eigenvalue weighted by Gasteiger charge is 2.21. The van der Waals surface area contributed by atoms with Crippen LogP contribution in [-0.2, 0) is 0 Å². The highest BCUT2D eigenvalue weighted by molar-refractivity contribution is 7.21. The molecule has 3 aromatic carbocycles. The molecule has 5 aromatic heterocycles. The lowest BCUT2D eigenvalue weighted by Gasteiger charge is -2.28. The normalized spacial score (nSPS) is 13.0. The van der Waals surface area contributed by atoms with Crippen LogP contribution in [0, 0.1) is 11.3 Å². The number of carbonyl (C=O) groups is 1. The Labute approximate surface area is 292 Å². The summed E-state index contributed by atoms with van der Waals surface area (Å²) < 4.78 is 0. The maximum absolute atomic E-state index is 12.8. The SMILES string of the molecule is N#Cc1c(N2CCCCC2)ncc2cc3ccccc3nc12.Nc1c(C(=O)CNc2ccccc2)sc2ncc3cc4ccccc4nc3c12. The number of aromatic nitrogens is 4. The third kappa shape index (κ3) is 5.88. The van der Waals surface area contributed by atoms with Gasteiger partial charge in [-0.25, -0.2) is 19.9 Å². The number of hydrogen-bond donors (Lipinski definition) is 2. The van der Waals surface area contributed by atoms with E-state index in [9.17, 15) is 10.1 Å². The van der Waals surface area contributed by atoms with Crippen LogP contribution in [0.15, 0.2) is 103 Å². The molecule has 0 atom stereocenters. The number of nitrogens with two attached hydrogens (primary N) is 1. The molecule has 50 heavy (non-hydrogen) atoms. The number of Topliss-reactive ketones (excluding diaryl/α,β-unsaturated/α-hetero) is 1. The second-order valence-electron chi connectivity index (χ2n) is 12.3. The number of nitrogens with one attached hydrogen (secondary N) is 1. The summed E-state index contributed by atoms with van der Waals surface area (Å²) in [7, 11) is 0. The predicted molar refractivity (Wildman–Crippen MR) is 204 cm³/mol. The van der Waals surface area contributed by atoms with E-state index in [0.29, 0.717) is 16.1 Å². The van der Waals surface area contributed by atoms with Crippen LogP contribution in [0.5, 0.6) is 0 Å². The summed E-state index contributed by atoms with van der Waals surface area (Å²) >= 11 is 1.32. The van der Waals surface area contributed by atoms with E-state index >= 15 is 0 Å². The maximum Gasteiger partial charge on any atom is 0.193 e. The number of anilines is 3. The Morgan fingerprint density at radius 1 is 0.800 bits per heavy atom. The highest BCUT2D eigenvalue weighted by atomic mass is 32.1.